The lowest BCUT2D eigenvalue weighted by Crippen LogP contribution is -1.91. The number of aliphatic imine (C=N–C) groups is 1. The van der Waals surface area contributed by atoms with Gasteiger partial charge in [-0.1, -0.05) is 6.92 Å². The fourth-order valence-corrected chi connectivity index (χ4v) is 1.69. The van der Waals surface area contributed by atoms with Gasteiger partial charge in [0.05, 0.1) is 0 Å². The molecule has 0 spiro atoms. The Hall–Kier alpha value is -0.700. The fraction of sp³-hybridized carbons (Fsp3) is 0.500. The van der Waals surface area contributed by atoms with Crippen molar-refractivity contribution in [2.45, 2.75) is 26.3 Å². The van der Waals surface area contributed by atoms with E-state index in [2.05, 4.69) is 16.9 Å². The zero-order valence-corrected chi connectivity index (χ0v) is 7.64. The quantitative estimate of drug-likeness (QED) is 0.637. The molecular weight excluding hydrogens is 156 g/mol. The molecule has 0 aliphatic heterocycles. The van der Waals surface area contributed by atoms with E-state index in [1.165, 1.54) is 0 Å². The van der Waals surface area contributed by atoms with Gasteiger partial charge in [-0.2, -0.15) is 0 Å². The van der Waals surface area contributed by atoms with E-state index in [0.29, 0.717) is 0 Å². The number of nitrogens with zero attached hydrogens (tertiary/aromatic N) is 2. The van der Waals surface area contributed by atoms with E-state index in [9.17, 15) is 0 Å². The molecular formula is C8H12N2S. The van der Waals surface area contributed by atoms with Gasteiger partial charge in [-0.3, -0.25) is 4.99 Å². The zero-order valence-electron chi connectivity index (χ0n) is 6.82. The smallest absolute Gasteiger partial charge is 0.117 e. The molecule has 1 aromatic rings. The number of hydrogen-bond acceptors (Lipinski definition) is 3. The Kier molecular flexibility index (Phi) is 3.23. The number of aromatic nitrogens is 1. The second-order valence-corrected chi connectivity index (χ2v) is 3.13. The second kappa shape index (κ2) is 4.23. The van der Waals surface area contributed by atoms with E-state index >= 15 is 0 Å². The Morgan fingerprint density at radius 3 is 3.09 bits per heavy atom. The molecule has 1 heterocycles. The van der Waals surface area contributed by atoms with Gasteiger partial charge in [0, 0.05) is 11.6 Å². The lowest BCUT2D eigenvalue weighted by Gasteiger charge is -2.03. The Morgan fingerprint density at radius 2 is 2.64 bits per heavy atom. The van der Waals surface area contributed by atoms with E-state index in [1.54, 1.807) is 11.3 Å². The summed E-state index contributed by atoms with van der Waals surface area (Å²) in [7, 11) is 0. The van der Waals surface area contributed by atoms with Crippen LogP contribution in [0, 0.1) is 0 Å². The molecule has 1 atom stereocenters. The van der Waals surface area contributed by atoms with Crippen molar-refractivity contribution in [3.8, 4) is 0 Å². The monoisotopic (exact) mass is 168 g/mol. The van der Waals surface area contributed by atoms with Crippen LogP contribution in [0.1, 0.15) is 31.3 Å². The standard InChI is InChI=1S/C8H12N2S/c1-3-7(9-4-2)8-10-5-6-11-8/h4-7H,3H2,1-2H3. The van der Waals surface area contributed by atoms with Crippen LogP contribution in [-0.2, 0) is 0 Å². The minimum Gasteiger partial charge on any atom is -0.287 e. The summed E-state index contributed by atoms with van der Waals surface area (Å²) in [6, 6.07) is 0.278. The van der Waals surface area contributed by atoms with E-state index < -0.39 is 0 Å². The summed E-state index contributed by atoms with van der Waals surface area (Å²) in [6.07, 6.45) is 4.70. The first-order chi connectivity index (χ1) is 5.38. The van der Waals surface area contributed by atoms with Crippen molar-refractivity contribution in [3.05, 3.63) is 16.6 Å². The summed E-state index contributed by atoms with van der Waals surface area (Å²) in [6.45, 7) is 4.06. The van der Waals surface area contributed by atoms with Crippen molar-refractivity contribution in [2.24, 2.45) is 4.99 Å². The van der Waals surface area contributed by atoms with Gasteiger partial charge >= 0.3 is 0 Å². The molecule has 0 bridgehead atoms. The van der Waals surface area contributed by atoms with E-state index in [1.807, 2.05) is 24.7 Å². The van der Waals surface area contributed by atoms with E-state index in [4.69, 9.17) is 0 Å². The van der Waals surface area contributed by atoms with Gasteiger partial charge in [-0.25, -0.2) is 4.98 Å². The van der Waals surface area contributed by atoms with Gasteiger partial charge in [0.2, 0.25) is 0 Å². The second-order valence-electron chi connectivity index (χ2n) is 2.20. The van der Waals surface area contributed by atoms with Gasteiger partial charge in [-0.05, 0) is 19.6 Å². The maximum absolute atomic E-state index is 4.31. The highest BCUT2D eigenvalue weighted by atomic mass is 32.1. The summed E-state index contributed by atoms with van der Waals surface area (Å²) in [4.78, 5) is 8.52. The van der Waals surface area contributed by atoms with Gasteiger partial charge in [0.15, 0.2) is 0 Å². The van der Waals surface area contributed by atoms with Crippen LogP contribution in [0.25, 0.3) is 0 Å². The van der Waals surface area contributed by atoms with Crippen molar-refractivity contribution in [1.29, 1.82) is 0 Å². The van der Waals surface area contributed by atoms with Crippen molar-refractivity contribution in [3.63, 3.8) is 0 Å². The molecule has 60 valence electrons. The number of rotatable bonds is 3. The predicted octanol–water partition coefficient (Wildman–Crippen LogP) is 2.68. The molecule has 2 nitrogen and oxygen atoms in total. The first-order valence-corrected chi connectivity index (χ1v) is 4.63. The van der Waals surface area contributed by atoms with Crippen LogP contribution in [0.3, 0.4) is 0 Å². The third kappa shape index (κ3) is 2.12. The van der Waals surface area contributed by atoms with Crippen LogP contribution >= 0.6 is 11.3 Å². The Morgan fingerprint density at radius 1 is 1.82 bits per heavy atom. The molecule has 1 aromatic heterocycles. The lowest BCUT2D eigenvalue weighted by atomic mass is 10.2. The summed E-state index contributed by atoms with van der Waals surface area (Å²) >= 11 is 1.67. The fourth-order valence-electron chi connectivity index (χ4n) is 0.923. The minimum atomic E-state index is 0.278. The van der Waals surface area contributed by atoms with Crippen molar-refractivity contribution < 1.29 is 0 Å². The Labute approximate surface area is 71.0 Å². The van der Waals surface area contributed by atoms with Crippen LogP contribution in [0.15, 0.2) is 16.6 Å². The van der Waals surface area contributed by atoms with Crippen LogP contribution in [0.5, 0.6) is 0 Å². The number of thiazole rings is 1. The molecule has 0 radical (unpaired) electrons. The molecule has 1 unspecified atom stereocenters. The van der Waals surface area contributed by atoms with Crippen molar-refractivity contribution in [1.82, 2.24) is 4.98 Å². The van der Waals surface area contributed by atoms with Gasteiger partial charge in [0.1, 0.15) is 11.0 Å². The van der Waals surface area contributed by atoms with Gasteiger partial charge in [-0.15, -0.1) is 11.3 Å². The lowest BCUT2D eigenvalue weighted by molar-refractivity contribution is 0.698. The third-order valence-electron chi connectivity index (χ3n) is 1.45. The molecule has 0 aliphatic carbocycles. The Bertz CT molecular complexity index is 216. The molecule has 0 fully saturated rings. The summed E-state index contributed by atoms with van der Waals surface area (Å²) in [5, 5.41) is 3.11. The number of hydrogen-bond donors (Lipinski definition) is 0. The van der Waals surface area contributed by atoms with Gasteiger partial charge < -0.3 is 0 Å². The molecule has 0 amide bonds. The third-order valence-corrected chi connectivity index (χ3v) is 2.33. The largest absolute Gasteiger partial charge is 0.287 e. The molecule has 0 aliphatic rings. The normalized spacial score (nSPS) is 14.0. The van der Waals surface area contributed by atoms with Crippen LogP contribution < -0.4 is 0 Å². The zero-order chi connectivity index (χ0) is 8.10. The maximum atomic E-state index is 4.31. The average molecular weight is 168 g/mol. The highest BCUT2D eigenvalue weighted by Crippen LogP contribution is 2.21. The van der Waals surface area contributed by atoms with Crippen LogP contribution in [-0.4, -0.2) is 11.2 Å². The summed E-state index contributed by atoms with van der Waals surface area (Å²) in [5.74, 6) is 0. The molecule has 11 heavy (non-hydrogen) atoms. The molecule has 0 saturated carbocycles. The molecule has 1 rings (SSSR count). The van der Waals surface area contributed by atoms with Crippen LogP contribution in [0.2, 0.25) is 0 Å². The topological polar surface area (TPSA) is 25.2 Å². The van der Waals surface area contributed by atoms with E-state index in [0.717, 1.165) is 11.4 Å². The van der Waals surface area contributed by atoms with Crippen LogP contribution in [0.4, 0.5) is 0 Å². The molecule has 0 saturated heterocycles. The highest BCUT2D eigenvalue weighted by molar-refractivity contribution is 7.09. The first-order valence-electron chi connectivity index (χ1n) is 3.75. The Balaban J connectivity index is 2.71. The summed E-state index contributed by atoms with van der Waals surface area (Å²) in [5.41, 5.74) is 0. The average Bonchev–Trinajstić information content (AvgIpc) is 2.52. The molecule has 0 aromatic carbocycles. The first kappa shape index (κ1) is 8.40. The van der Waals surface area contributed by atoms with Crippen molar-refractivity contribution in [2.75, 3.05) is 0 Å². The molecule has 0 N–H and O–H groups in total. The molecule has 3 heteroatoms. The highest BCUT2D eigenvalue weighted by Gasteiger charge is 2.07. The predicted molar refractivity (Wildman–Crippen MR) is 49.3 cm³/mol. The maximum Gasteiger partial charge on any atom is 0.117 e. The minimum absolute atomic E-state index is 0.278. The van der Waals surface area contributed by atoms with Crippen molar-refractivity contribution >= 4 is 17.6 Å². The summed E-state index contributed by atoms with van der Waals surface area (Å²) < 4.78 is 0. The van der Waals surface area contributed by atoms with Gasteiger partial charge in [0.25, 0.3) is 0 Å². The SMILES string of the molecule is CC=NC(CC)c1nccs1. The van der Waals surface area contributed by atoms with E-state index in [-0.39, 0.29) is 6.04 Å².